The number of hydrogen-bond acceptors (Lipinski definition) is 5. The number of carbonyl (C=O) groups is 1. The first-order valence-corrected chi connectivity index (χ1v) is 9.42. The van der Waals surface area contributed by atoms with E-state index in [2.05, 4.69) is 0 Å². The van der Waals surface area contributed by atoms with Crippen LogP contribution >= 0.6 is 24.0 Å². The molecule has 1 amide bonds. The van der Waals surface area contributed by atoms with Gasteiger partial charge in [-0.3, -0.25) is 9.47 Å². The van der Waals surface area contributed by atoms with Crippen molar-refractivity contribution >= 4 is 40.3 Å². The van der Waals surface area contributed by atoms with Gasteiger partial charge in [-0.05, 0) is 68.9 Å². The SMILES string of the molecule is CCOc1ccc(/C=C2/SC(=S)N(n3c(C)ccc3C)C2=O)cc1OC. The number of amides is 1. The summed E-state index contributed by atoms with van der Waals surface area (Å²) in [6.45, 7) is 6.38. The first-order chi connectivity index (χ1) is 12.5. The van der Waals surface area contributed by atoms with Crippen molar-refractivity contribution in [1.29, 1.82) is 0 Å². The van der Waals surface area contributed by atoms with E-state index in [0.29, 0.717) is 27.3 Å². The van der Waals surface area contributed by atoms with E-state index in [-0.39, 0.29) is 5.91 Å². The number of aryl methyl sites for hydroxylation is 2. The van der Waals surface area contributed by atoms with Crippen LogP contribution in [-0.2, 0) is 4.79 Å². The molecule has 1 aromatic heterocycles. The molecular weight excluding hydrogens is 368 g/mol. The molecule has 0 aliphatic carbocycles. The number of hydrogen-bond donors (Lipinski definition) is 0. The van der Waals surface area contributed by atoms with Crippen LogP contribution in [0.1, 0.15) is 23.9 Å². The van der Waals surface area contributed by atoms with Crippen molar-refractivity contribution in [1.82, 2.24) is 4.68 Å². The maximum atomic E-state index is 12.9. The molecule has 1 fully saturated rings. The first kappa shape index (κ1) is 18.5. The molecule has 0 radical (unpaired) electrons. The molecule has 0 spiro atoms. The van der Waals surface area contributed by atoms with Crippen LogP contribution in [0.5, 0.6) is 11.5 Å². The Kier molecular flexibility index (Phi) is 5.38. The zero-order valence-corrected chi connectivity index (χ0v) is 16.7. The Balaban J connectivity index is 1.93. The molecule has 1 saturated heterocycles. The Hall–Kier alpha value is -2.25. The summed E-state index contributed by atoms with van der Waals surface area (Å²) in [5.74, 6) is 1.18. The molecule has 0 N–H and O–H groups in total. The van der Waals surface area contributed by atoms with Crippen molar-refractivity contribution in [3.63, 3.8) is 0 Å². The minimum absolute atomic E-state index is 0.129. The zero-order valence-electron chi connectivity index (χ0n) is 15.1. The second-order valence-electron chi connectivity index (χ2n) is 5.76. The summed E-state index contributed by atoms with van der Waals surface area (Å²) in [6, 6.07) is 9.52. The third-order valence-electron chi connectivity index (χ3n) is 3.99. The number of rotatable bonds is 5. The Labute approximate surface area is 162 Å². The number of thioether (sulfide) groups is 1. The van der Waals surface area contributed by atoms with E-state index in [0.717, 1.165) is 17.0 Å². The largest absolute Gasteiger partial charge is 0.493 e. The van der Waals surface area contributed by atoms with Crippen LogP contribution in [0.3, 0.4) is 0 Å². The Morgan fingerprint density at radius 2 is 1.85 bits per heavy atom. The van der Waals surface area contributed by atoms with Gasteiger partial charge in [0.05, 0.1) is 18.6 Å². The molecule has 0 bridgehead atoms. The van der Waals surface area contributed by atoms with Gasteiger partial charge in [0.25, 0.3) is 5.91 Å². The minimum Gasteiger partial charge on any atom is -0.493 e. The van der Waals surface area contributed by atoms with E-state index in [1.807, 2.05) is 61.9 Å². The van der Waals surface area contributed by atoms with Gasteiger partial charge in [-0.15, -0.1) is 0 Å². The minimum atomic E-state index is -0.129. The first-order valence-electron chi connectivity index (χ1n) is 8.20. The van der Waals surface area contributed by atoms with Crippen molar-refractivity contribution in [2.24, 2.45) is 0 Å². The highest BCUT2D eigenvalue weighted by Crippen LogP contribution is 2.34. The van der Waals surface area contributed by atoms with E-state index >= 15 is 0 Å². The Morgan fingerprint density at radius 3 is 2.46 bits per heavy atom. The second-order valence-corrected chi connectivity index (χ2v) is 7.44. The van der Waals surface area contributed by atoms with Crippen LogP contribution in [0.25, 0.3) is 6.08 Å². The summed E-state index contributed by atoms with van der Waals surface area (Å²) in [6.07, 6.45) is 1.83. The van der Waals surface area contributed by atoms with Gasteiger partial charge in [0.1, 0.15) is 0 Å². The molecule has 2 heterocycles. The maximum Gasteiger partial charge on any atom is 0.285 e. The molecule has 5 nitrogen and oxygen atoms in total. The number of methoxy groups -OCH3 is 1. The highest BCUT2D eigenvalue weighted by molar-refractivity contribution is 8.27. The lowest BCUT2D eigenvalue weighted by atomic mass is 10.2. The van der Waals surface area contributed by atoms with Gasteiger partial charge in [0.2, 0.25) is 0 Å². The molecule has 136 valence electrons. The van der Waals surface area contributed by atoms with Gasteiger partial charge in [-0.1, -0.05) is 17.8 Å². The van der Waals surface area contributed by atoms with Crippen molar-refractivity contribution in [3.8, 4) is 11.5 Å². The zero-order chi connectivity index (χ0) is 18.8. The van der Waals surface area contributed by atoms with Gasteiger partial charge >= 0.3 is 0 Å². The number of carbonyl (C=O) groups excluding carboxylic acids is 1. The highest BCUT2D eigenvalue weighted by atomic mass is 32.2. The van der Waals surface area contributed by atoms with E-state index in [4.69, 9.17) is 21.7 Å². The summed E-state index contributed by atoms with van der Waals surface area (Å²) in [5, 5.41) is 1.54. The normalized spacial score (nSPS) is 15.8. The lowest BCUT2D eigenvalue weighted by Crippen LogP contribution is -2.39. The van der Waals surface area contributed by atoms with Crippen molar-refractivity contribution in [2.45, 2.75) is 20.8 Å². The van der Waals surface area contributed by atoms with E-state index in [1.54, 1.807) is 12.1 Å². The standard InChI is InChI=1S/C19H20N2O3S2/c1-5-24-15-9-8-14(10-16(15)23-4)11-17-18(22)21(19(25)26-17)20-12(2)6-7-13(20)3/h6-11H,5H2,1-4H3/b17-11+. The quantitative estimate of drug-likeness (QED) is 0.571. The average Bonchev–Trinajstić information content (AvgIpc) is 3.08. The lowest BCUT2D eigenvalue weighted by molar-refractivity contribution is -0.114. The monoisotopic (exact) mass is 388 g/mol. The molecule has 2 aromatic rings. The fourth-order valence-electron chi connectivity index (χ4n) is 2.81. The smallest absolute Gasteiger partial charge is 0.285 e. The summed E-state index contributed by atoms with van der Waals surface area (Å²) in [7, 11) is 1.60. The molecule has 26 heavy (non-hydrogen) atoms. The van der Waals surface area contributed by atoms with Gasteiger partial charge in [-0.25, -0.2) is 0 Å². The number of aromatic nitrogens is 1. The van der Waals surface area contributed by atoms with E-state index in [1.165, 1.54) is 11.8 Å². The second kappa shape index (κ2) is 7.55. The Bertz CT molecular complexity index is 883. The van der Waals surface area contributed by atoms with Gasteiger partial charge in [-0.2, -0.15) is 5.01 Å². The predicted octanol–water partition coefficient (Wildman–Crippen LogP) is 4.05. The number of benzene rings is 1. The van der Waals surface area contributed by atoms with Crippen LogP contribution in [0, 0.1) is 13.8 Å². The number of ether oxygens (including phenoxy) is 2. The number of nitrogens with zero attached hydrogens (tertiary/aromatic N) is 2. The summed E-state index contributed by atoms with van der Waals surface area (Å²) < 4.78 is 13.3. The average molecular weight is 389 g/mol. The van der Waals surface area contributed by atoms with E-state index < -0.39 is 0 Å². The maximum absolute atomic E-state index is 12.9. The van der Waals surface area contributed by atoms with Crippen LogP contribution in [0.15, 0.2) is 35.2 Å². The van der Waals surface area contributed by atoms with Crippen LogP contribution in [-0.4, -0.2) is 28.6 Å². The molecule has 0 unspecified atom stereocenters. The molecule has 7 heteroatoms. The lowest BCUT2D eigenvalue weighted by Gasteiger charge is -2.20. The molecule has 1 aromatic carbocycles. The summed E-state index contributed by atoms with van der Waals surface area (Å²) in [5.41, 5.74) is 2.78. The van der Waals surface area contributed by atoms with Gasteiger partial charge < -0.3 is 9.47 Å². The predicted molar refractivity (Wildman–Crippen MR) is 109 cm³/mol. The van der Waals surface area contributed by atoms with Gasteiger partial charge in [0, 0.05) is 11.4 Å². The topological polar surface area (TPSA) is 43.7 Å². The van der Waals surface area contributed by atoms with Crippen LogP contribution < -0.4 is 14.5 Å². The summed E-state index contributed by atoms with van der Waals surface area (Å²) in [4.78, 5) is 13.5. The molecule has 0 saturated carbocycles. The van der Waals surface area contributed by atoms with E-state index in [9.17, 15) is 4.79 Å². The molecular formula is C19H20N2O3S2. The Morgan fingerprint density at radius 1 is 1.15 bits per heavy atom. The van der Waals surface area contributed by atoms with Crippen LogP contribution in [0.2, 0.25) is 0 Å². The van der Waals surface area contributed by atoms with Crippen LogP contribution in [0.4, 0.5) is 0 Å². The highest BCUT2D eigenvalue weighted by Gasteiger charge is 2.34. The van der Waals surface area contributed by atoms with Crippen molar-refractivity contribution in [2.75, 3.05) is 18.7 Å². The fourth-order valence-corrected chi connectivity index (χ4v) is 4.05. The molecule has 0 atom stereocenters. The molecule has 1 aliphatic heterocycles. The van der Waals surface area contributed by atoms with Crippen molar-refractivity contribution in [3.05, 3.63) is 52.2 Å². The molecule has 1 aliphatic rings. The third kappa shape index (κ3) is 3.37. The fraction of sp³-hybridized carbons (Fsp3) is 0.263. The summed E-state index contributed by atoms with van der Waals surface area (Å²) >= 11 is 6.74. The third-order valence-corrected chi connectivity index (χ3v) is 5.28. The number of thiocarbonyl (C=S) groups is 1. The van der Waals surface area contributed by atoms with Gasteiger partial charge in [0.15, 0.2) is 15.8 Å². The van der Waals surface area contributed by atoms with Crippen molar-refractivity contribution < 1.29 is 14.3 Å². The molecule has 3 rings (SSSR count).